The van der Waals surface area contributed by atoms with E-state index in [2.05, 4.69) is 4.49 Å². The molecule has 66 valence electrons. The Labute approximate surface area is 85.6 Å². The highest BCUT2D eigenvalue weighted by molar-refractivity contribution is 7.10. The van der Waals surface area contributed by atoms with Gasteiger partial charge in [0, 0.05) is 0 Å². The van der Waals surface area contributed by atoms with Gasteiger partial charge >= 0.3 is 0 Å². The van der Waals surface area contributed by atoms with Crippen molar-refractivity contribution in [3.8, 4) is 11.3 Å². The first-order valence-corrected chi connectivity index (χ1v) is 5.01. The van der Waals surface area contributed by atoms with Gasteiger partial charge in [-0.3, -0.25) is 0 Å². The fourth-order valence-corrected chi connectivity index (χ4v) is 2.14. The molecule has 13 heavy (non-hydrogen) atoms. The molecule has 4 heteroatoms. The molecular weight excluding hydrogens is 204 g/mol. The largest absolute Gasteiger partial charge is 0.270 e. The first kappa shape index (κ1) is 8.66. The lowest BCUT2D eigenvalue weighted by atomic mass is 10.2. The third-order valence-electron chi connectivity index (χ3n) is 1.80. The zero-order valence-corrected chi connectivity index (χ0v) is 8.64. The van der Waals surface area contributed by atoms with Crippen molar-refractivity contribution in [3.05, 3.63) is 34.7 Å². The molecule has 2 aromatic rings. The molecule has 2 nitrogen and oxygen atoms in total. The summed E-state index contributed by atoms with van der Waals surface area (Å²) in [6, 6.07) is 10.0. The molecule has 0 atom stereocenters. The van der Waals surface area contributed by atoms with E-state index in [9.17, 15) is 0 Å². The highest BCUT2D eigenvalue weighted by Gasteiger charge is 2.18. The Hall–Kier alpha value is -0.930. The van der Waals surface area contributed by atoms with Crippen LogP contribution in [0.15, 0.2) is 30.3 Å². The predicted octanol–water partition coefficient (Wildman–Crippen LogP) is 2.29. The molecule has 0 saturated carbocycles. The third-order valence-corrected chi connectivity index (χ3v) is 2.87. The Kier molecular flexibility index (Phi) is 2.29. The van der Waals surface area contributed by atoms with Gasteiger partial charge in [0.25, 0.3) is 5.69 Å². The molecule has 1 aromatic heterocycles. The fourth-order valence-electron chi connectivity index (χ4n) is 1.20. The van der Waals surface area contributed by atoms with E-state index in [-0.39, 0.29) is 0 Å². The van der Waals surface area contributed by atoms with Crippen molar-refractivity contribution in [2.75, 3.05) is 0 Å². The number of hydrogen-bond donors (Lipinski definition) is 0. The SMILES string of the molecule is C[n+]1nsc(Cl)c1-c1ccccc1. The molecule has 0 saturated heterocycles. The highest BCUT2D eigenvalue weighted by Crippen LogP contribution is 2.26. The molecule has 0 fully saturated rings. The quantitative estimate of drug-likeness (QED) is 0.662. The van der Waals surface area contributed by atoms with E-state index < -0.39 is 0 Å². The number of aryl methyl sites for hydroxylation is 1. The van der Waals surface area contributed by atoms with Gasteiger partial charge in [0.2, 0.25) is 0 Å². The van der Waals surface area contributed by atoms with Crippen molar-refractivity contribution in [3.63, 3.8) is 0 Å². The number of halogens is 1. The van der Waals surface area contributed by atoms with E-state index in [0.29, 0.717) is 0 Å². The van der Waals surface area contributed by atoms with Crippen LogP contribution in [0.2, 0.25) is 4.34 Å². The summed E-state index contributed by atoms with van der Waals surface area (Å²) in [5.41, 5.74) is 2.08. The fraction of sp³-hybridized carbons (Fsp3) is 0.111. The molecule has 0 aliphatic rings. The van der Waals surface area contributed by atoms with E-state index in [0.717, 1.165) is 15.6 Å². The Morgan fingerprint density at radius 3 is 2.54 bits per heavy atom. The van der Waals surface area contributed by atoms with Crippen LogP contribution in [0.5, 0.6) is 0 Å². The summed E-state index contributed by atoms with van der Waals surface area (Å²) < 4.78 is 6.64. The van der Waals surface area contributed by atoms with E-state index in [1.807, 2.05) is 37.4 Å². The van der Waals surface area contributed by atoms with Crippen LogP contribution in [0, 0.1) is 0 Å². The van der Waals surface area contributed by atoms with Gasteiger partial charge in [-0.15, -0.1) is 0 Å². The maximum atomic E-state index is 6.01. The molecule has 1 heterocycles. The minimum atomic E-state index is 0.730. The summed E-state index contributed by atoms with van der Waals surface area (Å²) in [6.07, 6.45) is 0. The van der Waals surface area contributed by atoms with Crippen molar-refractivity contribution >= 4 is 23.1 Å². The van der Waals surface area contributed by atoms with Gasteiger partial charge in [-0.1, -0.05) is 34.5 Å². The van der Waals surface area contributed by atoms with Gasteiger partial charge in [0.1, 0.15) is 0 Å². The average molecular weight is 212 g/mol. The second-order valence-electron chi connectivity index (χ2n) is 2.68. The van der Waals surface area contributed by atoms with E-state index >= 15 is 0 Å². The predicted molar refractivity (Wildman–Crippen MR) is 53.7 cm³/mol. The summed E-state index contributed by atoms with van der Waals surface area (Å²) in [4.78, 5) is 0. The van der Waals surface area contributed by atoms with Crippen LogP contribution in [0.1, 0.15) is 0 Å². The molecule has 0 aliphatic carbocycles. The smallest absolute Gasteiger partial charge is 0.0727 e. The molecular formula is C9H8ClN2S+. The van der Waals surface area contributed by atoms with Gasteiger partial charge in [0.15, 0.2) is 11.4 Å². The van der Waals surface area contributed by atoms with Crippen LogP contribution in [0.25, 0.3) is 11.3 Å². The number of aromatic nitrogens is 2. The Bertz CT molecular complexity index is 391. The summed E-state index contributed by atoms with van der Waals surface area (Å²) in [7, 11) is 1.89. The van der Waals surface area contributed by atoms with Crippen LogP contribution in [0.3, 0.4) is 0 Å². The number of rotatable bonds is 1. The van der Waals surface area contributed by atoms with Crippen LogP contribution >= 0.6 is 23.1 Å². The molecule has 0 amide bonds. The van der Waals surface area contributed by atoms with E-state index in [1.165, 1.54) is 11.5 Å². The maximum absolute atomic E-state index is 6.01. The van der Waals surface area contributed by atoms with Crippen molar-refractivity contribution in [2.45, 2.75) is 0 Å². The van der Waals surface area contributed by atoms with Gasteiger partial charge in [-0.2, -0.15) is 0 Å². The molecule has 1 aromatic carbocycles. The third kappa shape index (κ3) is 1.57. The van der Waals surface area contributed by atoms with Crippen molar-refractivity contribution < 1.29 is 4.68 Å². The standard InChI is InChI=1S/C9H8ClN2S/c1-12-8(9(10)13-11-12)7-5-3-2-4-6-7/h2-6H,1H3/q+1. The lowest BCUT2D eigenvalue weighted by Crippen LogP contribution is -2.31. The molecule has 0 N–H and O–H groups in total. The van der Waals surface area contributed by atoms with Gasteiger partial charge in [-0.25, -0.2) is 0 Å². The van der Waals surface area contributed by atoms with Gasteiger partial charge in [-0.05, 0) is 12.1 Å². The zero-order chi connectivity index (χ0) is 9.26. The van der Waals surface area contributed by atoms with Crippen LogP contribution in [0.4, 0.5) is 0 Å². The summed E-state index contributed by atoms with van der Waals surface area (Å²) in [5, 5.41) is 0. The molecule has 0 aliphatic heterocycles. The number of benzene rings is 1. The van der Waals surface area contributed by atoms with Crippen molar-refractivity contribution in [2.24, 2.45) is 7.05 Å². The summed E-state index contributed by atoms with van der Waals surface area (Å²) in [6.45, 7) is 0. The minimum absolute atomic E-state index is 0.730. The lowest BCUT2D eigenvalue weighted by Gasteiger charge is -1.91. The monoisotopic (exact) mass is 211 g/mol. The van der Waals surface area contributed by atoms with Crippen molar-refractivity contribution in [1.82, 2.24) is 4.49 Å². The van der Waals surface area contributed by atoms with Crippen LogP contribution in [-0.2, 0) is 7.05 Å². The second kappa shape index (κ2) is 3.44. The Morgan fingerprint density at radius 1 is 1.31 bits per heavy atom. The Balaban J connectivity index is 2.59. The number of nitrogens with zero attached hydrogens (tertiary/aromatic N) is 2. The normalized spacial score (nSPS) is 10.3. The minimum Gasteiger partial charge on any atom is -0.0727 e. The van der Waals surface area contributed by atoms with Crippen LogP contribution < -0.4 is 4.68 Å². The summed E-state index contributed by atoms with van der Waals surface area (Å²) >= 11 is 7.32. The topological polar surface area (TPSA) is 16.8 Å². The first-order chi connectivity index (χ1) is 6.29. The zero-order valence-electron chi connectivity index (χ0n) is 7.07. The average Bonchev–Trinajstić information content (AvgIpc) is 2.48. The molecule has 0 unspecified atom stereocenters. The lowest BCUT2D eigenvalue weighted by molar-refractivity contribution is -0.712. The van der Waals surface area contributed by atoms with Gasteiger partial charge < -0.3 is 0 Å². The number of hydrogen-bond acceptors (Lipinski definition) is 2. The highest BCUT2D eigenvalue weighted by atomic mass is 35.5. The summed E-state index contributed by atoms with van der Waals surface area (Å²) in [5.74, 6) is 0. The van der Waals surface area contributed by atoms with E-state index in [1.54, 1.807) is 4.68 Å². The first-order valence-electron chi connectivity index (χ1n) is 3.86. The molecule has 0 bridgehead atoms. The molecule has 0 spiro atoms. The second-order valence-corrected chi connectivity index (χ2v) is 4.04. The maximum Gasteiger partial charge on any atom is 0.270 e. The Morgan fingerprint density at radius 2 is 2.00 bits per heavy atom. The van der Waals surface area contributed by atoms with Crippen LogP contribution in [-0.4, -0.2) is 4.49 Å². The van der Waals surface area contributed by atoms with Gasteiger partial charge in [0.05, 0.1) is 21.6 Å². The van der Waals surface area contributed by atoms with Crippen molar-refractivity contribution in [1.29, 1.82) is 0 Å². The van der Waals surface area contributed by atoms with E-state index in [4.69, 9.17) is 11.6 Å². The molecule has 0 radical (unpaired) electrons. The molecule has 2 rings (SSSR count).